The second-order valence-electron chi connectivity index (χ2n) is 18.8. The lowest BCUT2D eigenvalue weighted by atomic mass is 10.0. The zero-order valence-corrected chi connectivity index (χ0v) is 45.0. The smallest absolute Gasteiger partial charge is 0.306 e. The van der Waals surface area contributed by atoms with Crippen LogP contribution in [0.1, 0.15) is 265 Å². The van der Waals surface area contributed by atoms with E-state index in [-0.39, 0.29) is 37.5 Å². The first-order chi connectivity index (χ1) is 34.0. The van der Waals surface area contributed by atoms with Crippen LogP contribution >= 0.6 is 0 Å². The molecule has 0 amide bonds. The normalized spacial score (nSPS) is 12.8. The SMILES string of the molecule is CC/C=C\C/C=C\C/C=C\C/C=C\CCCCCC(=O)OCC(COC(=O)CCCCCCCCCCCCCCCCCCCCC)OC(=O)CCCCC/C=C\C/C=C\C/C=C\C/C=C\CC. The minimum Gasteiger partial charge on any atom is -0.462 e. The maximum Gasteiger partial charge on any atom is 0.306 e. The van der Waals surface area contributed by atoms with Crippen molar-refractivity contribution in [1.82, 2.24) is 0 Å². The van der Waals surface area contributed by atoms with Crippen LogP contribution in [0.15, 0.2) is 97.2 Å². The molecule has 0 saturated heterocycles. The van der Waals surface area contributed by atoms with Crippen molar-refractivity contribution < 1.29 is 28.6 Å². The number of carbonyl (C=O) groups excluding carboxylic acids is 3. The average molecular weight is 960 g/mol. The molecule has 0 heterocycles. The highest BCUT2D eigenvalue weighted by Crippen LogP contribution is 2.16. The molecular formula is C63H106O6. The molecule has 0 bridgehead atoms. The summed E-state index contributed by atoms with van der Waals surface area (Å²) in [4.78, 5) is 38.2. The third-order valence-corrected chi connectivity index (χ3v) is 12.1. The molecule has 0 aromatic heterocycles. The summed E-state index contributed by atoms with van der Waals surface area (Å²) in [6.07, 6.45) is 75.4. The van der Waals surface area contributed by atoms with Gasteiger partial charge in [0.1, 0.15) is 13.2 Å². The van der Waals surface area contributed by atoms with Crippen molar-refractivity contribution in [2.75, 3.05) is 13.2 Å². The van der Waals surface area contributed by atoms with Crippen molar-refractivity contribution in [2.45, 2.75) is 271 Å². The van der Waals surface area contributed by atoms with Gasteiger partial charge in [0.05, 0.1) is 0 Å². The molecule has 0 aromatic rings. The van der Waals surface area contributed by atoms with Gasteiger partial charge in [-0.2, -0.15) is 0 Å². The maximum atomic E-state index is 12.8. The topological polar surface area (TPSA) is 78.9 Å². The zero-order chi connectivity index (χ0) is 50.0. The second kappa shape index (κ2) is 56.9. The third kappa shape index (κ3) is 55.1. The van der Waals surface area contributed by atoms with Gasteiger partial charge in [0.2, 0.25) is 0 Å². The molecule has 1 unspecified atom stereocenters. The fraction of sp³-hybridized carbons (Fsp3) is 0.698. The van der Waals surface area contributed by atoms with Crippen LogP contribution < -0.4 is 0 Å². The van der Waals surface area contributed by atoms with Gasteiger partial charge in [-0.1, -0.05) is 246 Å². The standard InChI is InChI=1S/C63H106O6/c1-4-7-10-13-16-19-22-25-28-31-32-33-36-38-41-44-47-50-53-56-62(65)68-59-60(69-63(66)57-54-51-48-45-42-39-35-30-27-24-21-18-15-12-9-6-3)58-67-61(64)55-52-49-46-43-40-37-34-29-26-23-20-17-14-11-8-5-2/h8-9,11-12,17-18,20-21,26-27,29-30,37,39-40,42,60H,4-7,10,13-16,19,22-25,28,31-36,38,41,43-59H2,1-3H3/b11-8-,12-9-,20-17-,21-18-,29-26-,30-27-,40-37-,42-39-. The summed E-state index contributed by atoms with van der Waals surface area (Å²) >= 11 is 0. The van der Waals surface area contributed by atoms with E-state index in [1.807, 2.05) is 0 Å². The first-order valence-corrected chi connectivity index (χ1v) is 28.7. The summed E-state index contributed by atoms with van der Waals surface area (Å²) in [6, 6.07) is 0. The maximum absolute atomic E-state index is 12.8. The molecule has 0 fully saturated rings. The highest BCUT2D eigenvalue weighted by molar-refractivity contribution is 5.71. The van der Waals surface area contributed by atoms with Gasteiger partial charge in [0, 0.05) is 19.3 Å². The fourth-order valence-electron chi connectivity index (χ4n) is 7.84. The monoisotopic (exact) mass is 959 g/mol. The lowest BCUT2D eigenvalue weighted by Crippen LogP contribution is -2.30. The molecule has 1 atom stereocenters. The minimum atomic E-state index is -0.807. The molecule has 0 aliphatic rings. The van der Waals surface area contributed by atoms with Gasteiger partial charge in [-0.15, -0.1) is 0 Å². The third-order valence-electron chi connectivity index (χ3n) is 12.1. The Kier molecular flexibility index (Phi) is 53.9. The molecule has 394 valence electrons. The Balaban J connectivity index is 4.45. The molecule has 0 aliphatic heterocycles. The van der Waals surface area contributed by atoms with Crippen molar-refractivity contribution in [2.24, 2.45) is 0 Å². The summed E-state index contributed by atoms with van der Waals surface area (Å²) in [5.74, 6) is -0.959. The Hall–Kier alpha value is -3.67. The van der Waals surface area contributed by atoms with Gasteiger partial charge < -0.3 is 14.2 Å². The molecule has 0 rings (SSSR count). The molecule has 6 nitrogen and oxygen atoms in total. The van der Waals surface area contributed by atoms with E-state index in [1.54, 1.807) is 0 Å². The molecule has 0 aromatic carbocycles. The first-order valence-electron chi connectivity index (χ1n) is 28.7. The predicted octanol–water partition coefficient (Wildman–Crippen LogP) is 19.3. The summed E-state index contributed by atoms with van der Waals surface area (Å²) in [5.41, 5.74) is 0. The van der Waals surface area contributed by atoms with Gasteiger partial charge in [-0.3, -0.25) is 14.4 Å². The van der Waals surface area contributed by atoms with Crippen LogP contribution in [0, 0.1) is 0 Å². The van der Waals surface area contributed by atoms with Gasteiger partial charge in [-0.25, -0.2) is 0 Å². The number of allylic oxidation sites excluding steroid dienone is 16. The lowest BCUT2D eigenvalue weighted by molar-refractivity contribution is -0.167. The van der Waals surface area contributed by atoms with Crippen LogP contribution in [-0.4, -0.2) is 37.2 Å². The Labute approximate surface area is 426 Å². The van der Waals surface area contributed by atoms with Crippen molar-refractivity contribution in [3.8, 4) is 0 Å². The van der Waals surface area contributed by atoms with Crippen molar-refractivity contribution >= 4 is 17.9 Å². The Bertz CT molecular complexity index is 1380. The van der Waals surface area contributed by atoms with Crippen molar-refractivity contribution in [1.29, 1.82) is 0 Å². The first kappa shape index (κ1) is 65.3. The second-order valence-corrected chi connectivity index (χ2v) is 18.8. The summed E-state index contributed by atoms with van der Waals surface area (Å²) in [6.45, 7) is 6.37. The van der Waals surface area contributed by atoms with Crippen LogP contribution in [0.4, 0.5) is 0 Å². The average Bonchev–Trinajstić information content (AvgIpc) is 3.35. The number of carbonyl (C=O) groups is 3. The number of hydrogen-bond acceptors (Lipinski definition) is 6. The molecule has 6 heteroatoms. The number of esters is 3. The molecule has 0 saturated carbocycles. The van der Waals surface area contributed by atoms with E-state index < -0.39 is 6.10 Å². The highest BCUT2D eigenvalue weighted by Gasteiger charge is 2.19. The van der Waals surface area contributed by atoms with Gasteiger partial charge in [-0.05, 0) is 96.3 Å². The molecule has 0 aliphatic carbocycles. The minimum absolute atomic E-state index is 0.0995. The summed E-state index contributed by atoms with van der Waals surface area (Å²) in [7, 11) is 0. The van der Waals surface area contributed by atoms with Crippen LogP contribution in [0.5, 0.6) is 0 Å². The van der Waals surface area contributed by atoms with E-state index in [0.29, 0.717) is 12.8 Å². The van der Waals surface area contributed by atoms with E-state index in [4.69, 9.17) is 14.2 Å². The predicted molar refractivity (Wildman–Crippen MR) is 297 cm³/mol. The van der Waals surface area contributed by atoms with E-state index in [9.17, 15) is 14.4 Å². The van der Waals surface area contributed by atoms with E-state index >= 15 is 0 Å². The largest absolute Gasteiger partial charge is 0.462 e. The number of hydrogen-bond donors (Lipinski definition) is 0. The van der Waals surface area contributed by atoms with Crippen LogP contribution in [0.3, 0.4) is 0 Å². The molecule has 69 heavy (non-hydrogen) atoms. The zero-order valence-electron chi connectivity index (χ0n) is 45.0. The Morgan fingerprint density at radius 2 is 0.565 bits per heavy atom. The van der Waals surface area contributed by atoms with Crippen LogP contribution in [0.2, 0.25) is 0 Å². The lowest BCUT2D eigenvalue weighted by Gasteiger charge is -2.18. The summed E-state index contributed by atoms with van der Waals surface area (Å²) in [5, 5.41) is 0. The van der Waals surface area contributed by atoms with Gasteiger partial charge >= 0.3 is 17.9 Å². The van der Waals surface area contributed by atoms with E-state index in [0.717, 1.165) is 122 Å². The van der Waals surface area contributed by atoms with Crippen LogP contribution in [0.25, 0.3) is 0 Å². The summed E-state index contributed by atoms with van der Waals surface area (Å²) < 4.78 is 16.8. The number of ether oxygens (including phenoxy) is 3. The molecular weight excluding hydrogens is 853 g/mol. The van der Waals surface area contributed by atoms with E-state index in [2.05, 4.69) is 118 Å². The molecule has 0 N–H and O–H groups in total. The van der Waals surface area contributed by atoms with Gasteiger partial charge in [0.25, 0.3) is 0 Å². The molecule has 0 spiro atoms. The number of unbranched alkanes of at least 4 members (excludes halogenated alkanes) is 24. The van der Waals surface area contributed by atoms with Crippen molar-refractivity contribution in [3.63, 3.8) is 0 Å². The van der Waals surface area contributed by atoms with Crippen molar-refractivity contribution in [3.05, 3.63) is 97.2 Å². The Morgan fingerprint density at radius 1 is 0.304 bits per heavy atom. The quantitative estimate of drug-likeness (QED) is 0.0262. The number of rotatable bonds is 51. The Morgan fingerprint density at radius 3 is 0.884 bits per heavy atom. The van der Waals surface area contributed by atoms with Gasteiger partial charge in [0.15, 0.2) is 6.10 Å². The van der Waals surface area contributed by atoms with Crippen LogP contribution in [-0.2, 0) is 28.6 Å². The highest BCUT2D eigenvalue weighted by atomic mass is 16.6. The van der Waals surface area contributed by atoms with E-state index in [1.165, 1.54) is 103 Å². The molecule has 0 radical (unpaired) electrons. The fourth-order valence-corrected chi connectivity index (χ4v) is 7.84.